The van der Waals surface area contributed by atoms with E-state index in [-0.39, 0.29) is 17.8 Å². The second-order valence-electron chi connectivity index (χ2n) is 12.0. The van der Waals surface area contributed by atoms with E-state index < -0.39 is 11.2 Å². The Morgan fingerprint density at radius 1 is 1.05 bits per heavy atom. The summed E-state index contributed by atoms with van der Waals surface area (Å²) in [6.07, 6.45) is 7.07. The predicted octanol–water partition coefficient (Wildman–Crippen LogP) is 2.17. The van der Waals surface area contributed by atoms with E-state index in [9.17, 15) is 14.4 Å². The van der Waals surface area contributed by atoms with Crippen LogP contribution in [0.5, 0.6) is 0 Å². The summed E-state index contributed by atoms with van der Waals surface area (Å²) in [5.41, 5.74) is 12.5. The van der Waals surface area contributed by atoms with Crippen molar-refractivity contribution in [3.63, 3.8) is 0 Å². The highest BCUT2D eigenvalue weighted by Gasteiger charge is 2.31. The molecule has 224 valence electrons. The van der Waals surface area contributed by atoms with Gasteiger partial charge in [-0.1, -0.05) is 19.1 Å². The summed E-state index contributed by atoms with van der Waals surface area (Å²) < 4.78 is 1.46. The van der Waals surface area contributed by atoms with Gasteiger partial charge in [0.2, 0.25) is 5.91 Å². The molecule has 1 saturated carbocycles. The van der Waals surface area contributed by atoms with Crippen LogP contribution in [0.15, 0.2) is 41.3 Å². The van der Waals surface area contributed by atoms with Gasteiger partial charge in [-0.25, -0.2) is 9.59 Å². The lowest BCUT2D eigenvalue weighted by molar-refractivity contribution is -0.137. The standard InChI is InChI=1S/C30H46N8O3/c1-5-37(24-12-8-23(31)9-13-24)21(2)20-22-6-10-25(11-7-22)38-15-14-26(34-29(38)41)33-28(40)36-18-16-35(17-19-36)27(39)30(3,4)32/h6-7,10-11,14-15,21,23-24H,5,8-9,12-13,16-20,31-32H2,1-4H3,(H,33,34,40,41)/t21?,23-,24-. The SMILES string of the molecule is CCN(C(C)Cc1ccc(-n2ccc(NC(=O)N3CCN(C(=O)C(C)(C)N)CC3)nc2=O)cc1)[C@H]1CC[C@H](N)CC1. The van der Waals surface area contributed by atoms with Gasteiger partial charge in [-0.3, -0.25) is 19.6 Å². The van der Waals surface area contributed by atoms with Gasteiger partial charge >= 0.3 is 11.7 Å². The molecule has 1 aromatic heterocycles. The van der Waals surface area contributed by atoms with Crippen molar-refractivity contribution in [2.75, 3.05) is 38.0 Å². The van der Waals surface area contributed by atoms with E-state index in [1.165, 1.54) is 10.1 Å². The Bertz CT molecular complexity index is 1240. The first-order valence-electron chi connectivity index (χ1n) is 14.8. The van der Waals surface area contributed by atoms with Gasteiger partial charge in [0.15, 0.2) is 0 Å². The van der Waals surface area contributed by atoms with Crippen molar-refractivity contribution in [2.45, 2.75) is 83.5 Å². The Labute approximate surface area is 242 Å². The molecule has 1 unspecified atom stereocenters. The lowest BCUT2D eigenvalue weighted by atomic mass is 9.89. The van der Waals surface area contributed by atoms with E-state index in [2.05, 4.69) is 41.2 Å². The van der Waals surface area contributed by atoms with Gasteiger partial charge in [-0.15, -0.1) is 0 Å². The van der Waals surface area contributed by atoms with E-state index in [1.807, 2.05) is 12.1 Å². The number of hydrogen-bond acceptors (Lipinski definition) is 7. The molecule has 11 nitrogen and oxygen atoms in total. The summed E-state index contributed by atoms with van der Waals surface area (Å²) >= 11 is 0. The molecular formula is C30H46N8O3. The molecule has 11 heteroatoms. The number of aromatic nitrogens is 2. The first-order chi connectivity index (χ1) is 19.5. The number of urea groups is 1. The third-order valence-corrected chi connectivity index (χ3v) is 8.33. The molecule has 1 saturated heterocycles. The fourth-order valence-corrected chi connectivity index (χ4v) is 5.99. The fourth-order valence-electron chi connectivity index (χ4n) is 5.99. The van der Waals surface area contributed by atoms with E-state index in [4.69, 9.17) is 11.5 Å². The Morgan fingerprint density at radius 2 is 1.66 bits per heavy atom. The van der Waals surface area contributed by atoms with Crippen LogP contribution in [-0.4, -0.2) is 92.6 Å². The quantitative estimate of drug-likeness (QED) is 0.444. The zero-order chi connectivity index (χ0) is 29.7. The normalized spacial score (nSPS) is 20.7. The van der Waals surface area contributed by atoms with Crippen molar-refractivity contribution in [1.82, 2.24) is 24.3 Å². The molecule has 0 radical (unpaired) electrons. The number of benzene rings is 1. The molecule has 1 aliphatic heterocycles. The minimum atomic E-state index is -0.947. The van der Waals surface area contributed by atoms with Crippen LogP contribution in [0.2, 0.25) is 0 Å². The van der Waals surface area contributed by atoms with Crippen LogP contribution in [-0.2, 0) is 11.2 Å². The molecule has 1 atom stereocenters. The number of rotatable bonds is 8. The summed E-state index contributed by atoms with van der Waals surface area (Å²) in [5, 5.41) is 2.70. The van der Waals surface area contributed by atoms with Crippen molar-refractivity contribution in [3.8, 4) is 5.69 Å². The van der Waals surface area contributed by atoms with Crippen LogP contribution in [0, 0.1) is 0 Å². The van der Waals surface area contributed by atoms with E-state index in [1.54, 1.807) is 35.9 Å². The third-order valence-electron chi connectivity index (χ3n) is 8.33. The van der Waals surface area contributed by atoms with Gasteiger partial charge in [-0.2, -0.15) is 4.98 Å². The maximum absolute atomic E-state index is 12.8. The highest BCUT2D eigenvalue weighted by atomic mass is 16.2. The number of nitrogens with zero attached hydrogens (tertiary/aromatic N) is 5. The predicted molar refractivity (Wildman–Crippen MR) is 161 cm³/mol. The highest BCUT2D eigenvalue weighted by Crippen LogP contribution is 2.25. The molecule has 2 heterocycles. The van der Waals surface area contributed by atoms with Crippen LogP contribution in [0.3, 0.4) is 0 Å². The van der Waals surface area contributed by atoms with Gasteiger partial charge in [0.05, 0.1) is 11.2 Å². The summed E-state index contributed by atoms with van der Waals surface area (Å²) in [6, 6.07) is 10.6. The van der Waals surface area contributed by atoms with Crippen LogP contribution < -0.4 is 22.5 Å². The molecule has 0 spiro atoms. The number of nitrogens with two attached hydrogens (primary N) is 2. The minimum absolute atomic E-state index is 0.140. The maximum atomic E-state index is 12.8. The second-order valence-corrected chi connectivity index (χ2v) is 12.0. The van der Waals surface area contributed by atoms with Crippen molar-refractivity contribution >= 4 is 17.8 Å². The number of nitrogens with one attached hydrogen (secondary N) is 1. The van der Waals surface area contributed by atoms with Crippen molar-refractivity contribution < 1.29 is 9.59 Å². The molecule has 41 heavy (non-hydrogen) atoms. The lowest BCUT2D eigenvalue weighted by Gasteiger charge is -2.39. The zero-order valence-electron chi connectivity index (χ0n) is 24.9. The van der Waals surface area contributed by atoms with Crippen LogP contribution >= 0.6 is 0 Å². The minimum Gasteiger partial charge on any atom is -0.338 e. The molecular weight excluding hydrogens is 520 g/mol. The number of carbonyl (C=O) groups is 2. The molecule has 2 aliphatic rings. The summed E-state index contributed by atoms with van der Waals surface area (Å²) in [5.74, 6) is 0.0463. The number of hydrogen-bond donors (Lipinski definition) is 3. The fraction of sp³-hybridized carbons (Fsp3) is 0.600. The van der Waals surface area contributed by atoms with Crippen molar-refractivity contribution in [1.29, 1.82) is 0 Å². The number of carbonyl (C=O) groups excluding carboxylic acids is 2. The first kappa shape index (κ1) is 30.7. The molecule has 2 aromatic rings. The first-order valence-corrected chi connectivity index (χ1v) is 14.8. The monoisotopic (exact) mass is 566 g/mol. The van der Waals surface area contributed by atoms with E-state index in [0.29, 0.717) is 50.0 Å². The van der Waals surface area contributed by atoms with E-state index in [0.717, 1.165) is 38.6 Å². The van der Waals surface area contributed by atoms with Crippen LogP contribution in [0.4, 0.5) is 10.6 Å². The third kappa shape index (κ3) is 7.72. The number of piperazine rings is 1. The number of likely N-dealkylation sites (N-methyl/N-ethyl adjacent to an activating group) is 1. The average molecular weight is 567 g/mol. The Morgan fingerprint density at radius 3 is 2.22 bits per heavy atom. The molecule has 5 N–H and O–H groups in total. The molecule has 4 rings (SSSR count). The molecule has 1 aromatic carbocycles. The molecule has 3 amide bonds. The van der Waals surface area contributed by atoms with Gasteiger partial charge in [0, 0.05) is 50.5 Å². The van der Waals surface area contributed by atoms with Gasteiger partial charge < -0.3 is 21.3 Å². The summed E-state index contributed by atoms with van der Waals surface area (Å²) in [7, 11) is 0. The van der Waals surface area contributed by atoms with Crippen LogP contribution in [0.25, 0.3) is 5.69 Å². The Kier molecular flexibility index (Phi) is 9.83. The number of amides is 3. The van der Waals surface area contributed by atoms with Gasteiger partial charge in [0.1, 0.15) is 5.82 Å². The Balaban J connectivity index is 1.32. The van der Waals surface area contributed by atoms with Gasteiger partial charge in [0.25, 0.3) is 0 Å². The second kappa shape index (κ2) is 13.1. The molecule has 2 fully saturated rings. The van der Waals surface area contributed by atoms with Gasteiger partial charge in [-0.05, 0) is 83.2 Å². The van der Waals surface area contributed by atoms with Crippen LogP contribution in [0.1, 0.15) is 58.9 Å². The van der Waals surface area contributed by atoms with Crippen molar-refractivity contribution in [3.05, 3.63) is 52.6 Å². The highest BCUT2D eigenvalue weighted by molar-refractivity contribution is 5.89. The van der Waals surface area contributed by atoms with Crippen molar-refractivity contribution in [2.24, 2.45) is 11.5 Å². The average Bonchev–Trinajstić information content (AvgIpc) is 2.94. The smallest absolute Gasteiger partial charge is 0.338 e. The molecule has 1 aliphatic carbocycles. The topological polar surface area (TPSA) is 143 Å². The van der Waals surface area contributed by atoms with E-state index >= 15 is 0 Å². The maximum Gasteiger partial charge on any atom is 0.354 e. The lowest BCUT2D eigenvalue weighted by Crippen LogP contribution is -2.58. The summed E-state index contributed by atoms with van der Waals surface area (Å²) in [6.45, 7) is 10.4. The Hall–Kier alpha value is -3.28. The number of anilines is 1. The summed E-state index contributed by atoms with van der Waals surface area (Å²) in [4.78, 5) is 47.9. The molecule has 0 bridgehead atoms. The zero-order valence-corrected chi connectivity index (χ0v) is 24.9. The largest absolute Gasteiger partial charge is 0.354 e.